The third kappa shape index (κ3) is 4.68. The van der Waals surface area contributed by atoms with E-state index in [4.69, 9.17) is 4.52 Å². The predicted octanol–water partition coefficient (Wildman–Crippen LogP) is 4.36. The highest BCUT2D eigenvalue weighted by Gasteiger charge is 2.20. The van der Waals surface area contributed by atoms with Gasteiger partial charge in [-0.25, -0.2) is 0 Å². The van der Waals surface area contributed by atoms with Crippen molar-refractivity contribution in [1.29, 1.82) is 0 Å². The van der Waals surface area contributed by atoms with Crippen LogP contribution >= 0.6 is 0 Å². The van der Waals surface area contributed by atoms with Crippen molar-refractivity contribution in [3.63, 3.8) is 0 Å². The first kappa shape index (κ1) is 17.6. The largest absolute Gasteiger partial charge is 0.337 e. The van der Waals surface area contributed by atoms with Crippen LogP contribution in [0, 0.1) is 12.8 Å². The second kappa shape index (κ2) is 8.28. The molecule has 134 valence electrons. The normalized spacial score (nSPS) is 14.8. The molecule has 0 spiro atoms. The third-order valence-electron chi connectivity index (χ3n) is 5.08. The molecular weight excluding hydrogens is 314 g/mol. The summed E-state index contributed by atoms with van der Waals surface area (Å²) in [5.41, 5.74) is 2.12. The average molecular weight is 341 g/mol. The number of amides is 1. The Morgan fingerprint density at radius 3 is 2.64 bits per heavy atom. The van der Waals surface area contributed by atoms with E-state index in [1.807, 2.05) is 38.1 Å². The Hall–Kier alpha value is -2.17. The Kier molecular flexibility index (Phi) is 5.84. The summed E-state index contributed by atoms with van der Waals surface area (Å²) in [5.74, 6) is 1.99. The Morgan fingerprint density at radius 1 is 1.24 bits per heavy atom. The smallest absolute Gasteiger partial charge is 0.246 e. The van der Waals surface area contributed by atoms with Crippen molar-refractivity contribution in [2.24, 2.45) is 5.92 Å². The summed E-state index contributed by atoms with van der Waals surface area (Å²) in [7, 11) is 0. The lowest BCUT2D eigenvalue weighted by atomic mass is 10.0. The zero-order valence-electron chi connectivity index (χ0n) is 15.2. The zero-order chi connectivity index (χ0) is 17.6. The molecule has 1 amide bonds. The molecule has 0 unspecified atom stereocenters. The number of nitrogens with zero attached hydrogens (tertiary/aromatic N) is 3. The van der Waals surface area contributed by atoms with E-state index >= 15 is 0 Å². The minimum absolute atomic E-state index is 0.185. The summed E-state index contributed by atoms with van der Waals surface area (Å²) in [6.07, 6.45) is 6.83. The number of hydrogen-bond donors (Lipinski definition) is 0. The van der Waals surface area contributed by atoms with Crippen molar-refractivity contribution in [1.82, 2.24) is 15.0 Å². The molecule has 1 heterocycles. The second-order valence-corrected chi connectivity index (χ2v) is 6.97. The van der Waals surface area contributed by atoms with Gasteiger partial charge in [0.15, 0.2) is 0 Å². The summed E-state index contributed by atoms with van der Waals surface area (Å²) in [5, 5.41) is 4.05. The van der Waals surface area contributed by atoms with Gasteiger partial charge >= 0.3 is 0 Å². The number of aryl methyl sites for hydroxylation is 1. The maximum Gasteiger partial charge on any atom is 0.246 e. The van der Waals surface area contributed by atoms with Crippen molar-refractivity contribution in [2.75, 3.05) is 6.54 Å². The van der Waals surface area contributed by atoms with Crippen LogP contribution in [0.3, 0.4) is 0 Å². The van der Waals surface area contributed by atoms with Gasteiger partial charge in [0.25, 0.3) is 0 Å². The topological polar surface area (TPSA) is 59.2 Å². The molecule has 25 heavy (non-hydrogen) atoms. The molecule has 0 saturated heterocycles. The molecule has 1 aromatic carbocycles. The van der Waals surface area contributed by atoms with E-state index < -0.39 is 0 Å². The van der Waals surface area contributed by atoms with Gasteiger partial charge in [-0.3, -0.25) is 4.79 Å². The van der Waals surface area contributed by atoms with Gasteiger partial charge in [-0.15, -0.1) is 0 Å². The highest BCUT2D eigenvalue weighted by molar-refractivity contribution is 5.76. The first-order valence-corrected chi connectivity index (χ1v) is 9.33. The van der Waals surface area contributed by atoms with Crippen molar-refractivity contribution in [3.05, 3.63) is 35.7 Å². The van der Waals surface area contributed by atoms with E-state index in [1.165, 1.54) is 31.2 Å². The fourth-order valence-corrected chi connectivity index (χ4v) is 3.46. The molecule has 1 saturated carbocycles. The van der Waals surface area contributed by atoms with Crippen molar-refractivity contribution in [2.45, 2.75) is 58.9 Å². The van der Waals surface area contributed by atoms with Crippen LogP contribution in [0.5, 0.6) is 0 Å². The molecule has 2 aromatic rings. The molecule has 1 aliphatic rings. The Bertz CT molecular complexity index is 687. The summed E-state index contributed by atoms with van der Waals surface area (Å²) in [6, 6.07) is 8.01. The first-order chi connectivity index (χ1) is 12.2. The van der Waals surface area contributed by atoms with Gasteiger partial charge in [0.2, 0.25) is 17.6 Å². The summed E-state index contributed by atoms with van der Waals surface area (Å²) < 4.78 is 5.35. The molecule has 0 aliphatic heterocycles. The molecule has 0 bridgehead atoms. The predicted molar refractivity (Wildman–Crippen MR) is 96.8 cm³/mol. The van der Waals surface area contributed by atoms with Crippen LogP contribution < -0.4 is 0 Å². The van der Waals surface area contributed by atoms with Crippen molar-refractivity contribution >= 4 is 5.91 Å². The Balaban J connectivity index is 1.57. The standard InChI is InChI=1S/C20H27N3O2/c1-3-23(19(24)13-10-16-6-4-5-7-16)14-18-21-20(22-25-18)17-11-8-15(2)9-12-17/h8-9,11-12,16H,3-7,10,13-14H2,1-2H3. The van der Waals surface area contributed by atoms with Crippen LogP contribution in [0.4, 0.5) is 0 Å². The van der Waals surface area contributed by atoms with Crippen LogP contribution in [-0.2, 0) is 11.3 Å². The van der Waals surface area contributed by atoms with Crippen LogP contribution in [0.2, 0.25) is 0 Å². The lowest BCUT2D eigenvalue weighted by molar-refractivity contribution is -0.132. The van der Waals surface area contributed by atoms with Gasteiger partial charge in [0, 0.05) is 18.5 Å². The van der Waals surface area contributed by atoms with Crippen LogP contribution in [0.25, 0.3) is 11.4 Å². The minimum atomic E-state index is 0.185. The van der Waals surface area contributed by atoms with E-state index in [2.05, 4.69) is 10.1 Å². The fourth-order valence-electron chi connectivity index (χ4n) is 3.46. The van der Waals surface area contributed by atoms with E-state index in [0.29, 0.717) is 31.2 Å². The van der Waals surface area contributed by atoms with Gasteiger partial charge in [0.1, 0.15) is 0 Å². The van der Waals surface area contributed by atoms with Gasteiger partial charge in [0.05, 0.1) is 6.54 Å². The molecule has 0 N–H and O–H groups in total. The molecule has 1 aliphatic carbocycles. The lowest BCUT2D eigenvalue weighted by Crippen LogP contribution is -2.30. The number of aromatic nitrogens is 2. The zero-order valence-corrected chi connectivity index (χ0v) is 15.2. The summed E-state index contributed by atoms with van der Waals surface area (Å²) in [4.78, 5) is 18.7. The molecule has 3 rings (SSSR count). The fraction of sp³-hybridized carbons (Fsp3) is 0.550. The summed E-state index contributed by atoms with van der Waals surface area (Å²) in [6.45, 7) is 5.08. The number of carbonyl (C=O) groups is 1. The number of rotatable bonds is 7. The van der Waals surface area contributed by atoms with E-state index in [-0.39, 0.29) is 5.91 Å². The van der Waals surface area contributed by atoms with Gasteiger partial charge in [-0.1, -0.05) is 60.7 Å². The maximum atomic E-state index is 12.5. The number of benzene rings is 1. The third-order valence-corrected chi connectivity index (χ3v) is 5.08. The Labute approximate surface area is 149 Å². The molecule has 5 heteroatoms. The first-order valence-electron chi connectivity index (χ1n) is 9.33. The van der Waals surface area contributed by atoms with Crippen LogP contribution in [0.1, 0.15) is 56.9 Å². The highest BCUT2D eigenvalue weighted by atomic mass is 16.5. The van der Waals surface area contributed by atoms with Crippen LogP contribution in [0.15, 0.2) is 28.8 Å². The summed E-state index contributed by atoms with van der Waals surface area (Å²) >= 11 is 0. The molecular formula is C20H27N3O2. The lowest BCUT2D eigenvalue weighted by Gasteiger charge is -2.19. The van der Waals surface area contributed by atoms with Gasteiger partial charge in [-0.05, 0) is 26.2 Å². The van der Waals surface area contributed by atoms with Crippen molar-refractivity contribution in [3.8, 4) is 11.4 Å². The SMILES string of the molecule is CCN(Cc1nc(-c2ccc(C)cc2)no1)C(=O)CCC1CCCC1. The molecule has 0 radical (unpaired) electrons. The molecule has 1 aromatic heterocycles. The second-order valence-electron chi connectivity index (χ2n) is 6.97. The molecule has 5 nitrogen and oxygen atoms in total. The molecule has 1 fully saturated rings. The number of hydrogen-bond acceptors (Lipinski definition) is 4. The quantitative estimate of drug-likeness (QED) is 0.750. The average Bonchev–Trinajstić information content (AvgIpc) is 3.30. The van der Waals surface area contributed by atoms with Crippen LogP contribution in [-0.4, -0.2) is 27.5 Å². The highest BCUT2D eigenvalue weighted by Crippen LogP contribution is 2.28. The van der Waals surface area contributed by atoms with Gasteiger partial charge in [-0.2, -0.15) is 4.98 Å². The van der Waals surface area contributed by atoms with E-state index in [1.54, 1.807) is 4.90 Å². The van der Waals surface area contributed by atoms with E-state index in [0.717, 1.165) is 17.9 Å². The van der Waals surface area contributed by atoms with Gasteiger partial charge < -0.3 is 9.42 Å². The molecule has 0 atom stereocenters. The minimum Gasteiger partial charge on any atom is -0.337 e. The number of carbonyl (C=O) groups excluding carboxylic acids is 1. The maximum absolute atomic E-state index is 12.5. The van der Waals surface area contributed by atoms with Crippen molar-refractivity contribution < 1.29 is 9.32 Å². The monoisotopic (exact) mass is 341 g/mol. The van der Waals surface area contributed by atoms with E-state index in [9.17, 15) is 4.79 Å². The Morgan fingerprint density at radius 2 is 1.96 bits per heavy atom.